The fraction of sp³-hybridized carbons (Fsp3) is 0.889. The largest absolute Gasteiger partial charge is 0.292 e. The molecule has 74 valence electrons. The van der Waals surface area contributed by atoms with E-state index in [9.17, 15) is 8.42 Å². The van der Waals surface area contributed by atoms with E-state index in [0.717, 1.165) is 12.8 Å². The molecule has 2 rings (SSSR count). The van der Waals surface area contributed by atoms with Gasteiger partial charge in [0.1, 0.15) is 0 Å². The summed E-state index contributed by atoms with van der Waals surface area (Å²) >= 11 is 0. The van der Waals surface area contributed by atoms with Crippen molar-refractivity contribution in [1.82, 2.24) is 0 Å². The molecule has 0 N–H and O–H groups in total. The van der Waals surface area contributed by atoms with Crippen molar-refractivity contribution in [2.75, 3.05) is 0 Å². The second-order valence-electron chi connectivity index (χ2n) is 4.13. The Kier molecular flexibility index (Phi) is 1.98. The predicted octanol–water partition coefficient (Wildman–Crippen LogP) is 1.04. The average molecular weight is 201 g/mol. The van der Waals surface area contributed by atoms with Crippen LogP contribution < -0.4 is 0 Å². The van der Waals surface area contributed by atoms with Gasteiger partial charge in [-0.15, -0.1) is 0 Å². The van der Waals surface area contributed by atoms with Gasteiger partial charge in [-0.3, -0.25) is 4.99 Å². The van der Waals surface area contributed by atoms with Crippen molar-refractivity contribution in [3.63, 3.8) is 0 Å². The van der Waals surface area contributed by atoms with Crippen molar-refractivity contribution in [3.05, 3.63) is 0 Å². The third-order valence-electron chi connectivity index (χ3n) is 2.99. The molecule has 1 heterocycles. The minimum absolute atomic E-state index is 0.0336. The summed E-state index contributed by atoms with van der Waals surface area (Å²) in [5, 5.41) is -0.582. The number of sulfone groups is 1. The summed E-state index contributed by atoms with van der Waals surface area (Å²) in [6, 6.07) is -0.0336. The maximum Gasteiger partial charge on any atom is 0.163 e. The lowest BCUT2D eigenvalue weighted by molar-refractivity contribution is 0.528. The molecule has 1 fully saturated rings. The summed E-state index contributed by atoms with van der Waals surface area (Å²) in [6.07, 6.45) is 3.71. The van der Waals surface area contributed by atoms with Gasteiger partial charge >= 0.3 is 0 Å². The highest BCUT2D eigenvalue weighted by Gasteiger charge is 2.46. The van der Waals surface area contributed by atoms with Crippen LogP contribution in [0.1, 0.15) is 26.7 Å². The fourth-order valence-electron chi connectivity index (χ4n) is 2.04. The van der Waals surface area contributed by atoms with Crippen LogP contribution in [0.4, 0.5) is 0 Å². The molecule has 0 radical (unpaired) electrons. The number of rotatable bonds is 1. The van der Waals surface area contributed by atoms with Crippen molar-refractivity contribution in [3.8, 4) is 0 Å². The minimum atomic E-state index is -2.94. The van der Waals surface area contributed by atoms with Gasteiger partial charge in [-0.05, 0) is 32.6 Å². The van der Waals surface area contributed by atoms with E-state index in [1.165, 1.54) is 0 Å². The molecule has 1 saturated carbocycles. The smallest absolute Gasteiger partial charge is 0.163 e. The first-order chi connectivity index (χ1) is 6.03. The molecule has 3 unspecified atom stereocenters. The molecule has 3 nitrogen and oxygen atoms in total. The summed E-state index contributed by atoms with van der Waals surface area (Å²) in [4.78, 5) is 4.25. The average Bonchev–Trinajstić information content (AvgIpc) is 2.81. The summed E-state index contributed by atoms with van der Waals surface area (Å²) < 4.78 is 23.8. The molecular formula is C9H15NO2S. The molecule has 0 saturated heterocycles. The van der Waals surface area contributed by atoms with Gasteiger partial charge in [-0.2, -0.15) is 0 Å². The topological polar surface area (TPSA) is 46.5 Å². The van der Waals surface area contributed by atoms with Crippen molar-refractivity contribution < 1.29 is 8.42 Å². The van der Waals surface area contributed by atoms with E-state index in [0.29, 0.717) is 5.92 Å². The van der Waals surface area contributed by atoms with Gasteiger partial charge in [0.05, 0.1) is 16.5 Å². The number of hydrogen-bond donors (Lipinski definition) is 0. The Morgan fingerprint density at radius 2 is 1.92 bits per heavy atom. The molecule has 2 aliphatic rings. The zero-order valence-electron chi connectivity index (χ0n) is 7.97. The van der Waals surface area contributed by atoms with Crippen molar-refractivity contribution in [1.29, 1.82) is 0 Å². The predicted molar refractivity (Wildman–Crippen MR) is 52.8 cm³/mol. The summed E-state index contributed by atoms with van der Waals surface area (Å²) in [6.45, 7) is 3.63. The maximum absolute atomic E-state index is 11.9. The van der Waals surface area contributed by atoms with Crippen LogP contribution in [0.2, 0.25) is 0 Å². The Hall–Kier alpha value is -0.380. The van der Waals surface area contributed by atoms with E-state index in [1.54, 1.807) is 13.1 Å². The van der Waals surface area contributed by atoms with E-state index < -0.39 is 9.84 Å². The van der Waals surface area contributed by atoms with Crippen LogP contribution >= 0.6 is 0 Å². The summed E-state index contributed by atoms with van der Waals surface area (Å²) in [5.74, 6) is 0.389. The van der Waals surface area contributed by atoms with E-state index in [2.05, 4.69) is 4.99 Å². The molecule has 0 amide bonds. The molecule has 3 atom stereocenters. The molecule has 13 heavy (non-hydrogen) atoms. The highest BCUT2D eigenvalue weighted by molar-refractivity contribution is 7.93. The van der Waals surface area contributed by atoms with E-state index in [1.807, 2.05) is 6.92 Å². The number of aliphatic imine (C=N–C) groups is 1. The molecule has 0 spiro atoms. The van der Waals surface area contributed by atoms with Gasteiger partial charge in [0.2, 0.25) is 0 Å². The Labute approximate surface area is 79.2 Å². The summed E-state index contributed by atoms with van der Waals surface area (Å²) in [7, 11) is -2.94. The molecule has 0 aromatic heterocycles. The highest BCUT2D eigenvalue weighted by atomic mass is 32.2. The normalized spacial score (nSPS) is 43.4. The van der Waals surface area contributed by atoms with Gasteiger partial charge in [-0.25, -0.2) is 8.42 Å². The number of hydrogen-bond acceptors (Lipinski definition) is 3. The Morgan fingerprint density at radius 3 is 2.46 bits per heavy atom. The fourth-order valence-corrected chi connectivity index (χ4v) is 4.20. The molecule has 1 aliphatic heterocycles. The zero-order valence-corrected chi connectivity index (χ0v) is 8.79. The Bertz CT molecular complexity index is 330. The van der Waals surface area contributed by atoms with E-state index in [4.69, 9.17) is 0 Å². The monoisotopic (exact) mass is 201 g/mol. The van der Waals surface area contributed by atoms with Crippen LogP contribution in [-0.4, -0.2) is 31.2 Å². The summed E-state index contributed by atoms with van der Waals surface area (Å²) in [5.41, 5.74) is 0. The molecule has 1 aliphatic carbocycles. The molecular weight excluding hydrogens is 186 g/mol. The molecule has 0 aromatic rings. The third-order valence-corrected chi connectivity index (χ3v) is 5.69. The van der Waals surface area contributed by atoms with Crippen LogP contribution in [-0.2, 0) is 9.84 Å². The van der Waals surface area contributed by atoms with E-state index >= 15 is 0 Å². The molecule has 4 heteroatoms. The zero-order chi connectivity index (χ0) is 9.64. The standard InChI is InChI=1S/C9H15NO2S/c1-6-5-10-7(2)9(8-3-4-8)13(6,11)12/h5-9H,3-4H2,1-2H3. The first kappa shape index (κ1) is 9.19. The Balaban J connectivity index is 2.37. The van der Waals surface area contributed by atoms with Gasteiger partial charge in [0, 0.05) is 6.21 Å². The molecule has 0 aromatic carbocycles. The SMILES string of the molecule is CC1N=CC(C)S(=O)(=O)C1C1CC1. The first-order valence-corrected chi connectivity index (χ1v) is 6.40. The molecule has 0 bridgehead atoms. The lowest BCUT2D eigenvalue weighted by Crippen LogP contribution is -2.43. The number of nitrogens with zero attached hydrogens (tertiary/aromatic N) is 1. The van der Waals surface area contributed by atoms with Crippen LogP contribution in [0.15, 0.2) is 4.99 Å². The first-order valence-electron chi connectivity index (χ1n) is 4.79. The lowest BCUT2D eigenvalue weighted by atomic mass is 10.1. The lowest BCUT2D eigenvalue weighted by Gasteiger charge is -2.27. The van der Waals surface area contributed by atoms with Crippen LogP contribution in [0, 0.1) is 5.92 Å². The van der Waals surface area contributed by atoms with Gasteiger partial charge in [-0.1, -0.05) is 0 Å². The minimum Gasteiger partial charge on any atom is -0.292 e. The quantitative estimate of drug-likeness (QED) is 0.636. The second-order valence-corrected chi connectivity index (χ2v) is 6.60. The third kappa shape index (κ3) is 1.41. The van der Waals surface area contributed by atoms with Crippen LogP contribution in [0.25, 0.3) is 0 Å². The van der Waals surface area contributed by atoms with Gasteiger partial charge < -0.3 is 0 Å². The van der Waals surface area contributed by atoms with Crippen LogP contribution in [0.5, 0.6) is 0 Å². The van der Waals surface area contributed by atoms with Crippen molar-refractivity contribution in [2.45, 2.75) is 43.2 Å². The Morgan fingerprint density at radius 1 is 1.31 bits per heavy atom. The maximum atomic E-state index is 11.9. The van der Waals surface area contributed by atoms with Crippen molar-refractivity contribution >= 4 is 16.1 Å². The van der Waals surface area contributed by atoms with Crippen molar-refractivity contribution in [2.24, 2.45) is 10.9 Å². The van der Waals surface area contributed by atoms with E-state index in [-0.39, 0.29) is 16.5 Å². The second kappa shape index (κ2) is 2.80. The van der Waals surface area contributed by atoms with Gasteiger partial charge in [0.25, 0.3) is 0 Å². The highest BCUT2D eigenvalue weighted by Crippen LogP contribution is 2.40. The van der Waals surface area contributed by atoms with Gasteiger partial charge in [0.15, 0.2) is 9.84 Å². The van der Waals surface area contributed by atoms with Crippen LogP contribution in [0.3, 0.4) is 0 Å².